The Balaban J connectivity index is 2.31. The van der Waals surface area contributed by atoms with Crippen LogP contribution >= 0.6 is 15.9 Å². The van der Waals surface area contributed by atoms with Crippen LogP contribution in [0.4, 0.5) is 10.1 Å². The Morgan fingerprint density at radius 1 is 1.33 bits per heavy atom. The summed E-state index contributed by atoms with van der Waals surface area (Å²) in [6.45, 7) is 2.15. The van der Waals surface area contributed by atoms with E-state index < -0.39 is 11.7 Å². The lowest BCUT2D eigenvalue weighted by Gasteiger charge is -2.13. The standard InChI is InChI=1S/C16H15BrFNO2/c1-10-6-7-14(18)11(8-10)16(20)19-15-5-3-4-13(17)12(15)9-21-2/h3-8H,9H2,1-2H3,(H,19,20). The molecule has 5 heteroatoms. The Bertz CT molecular complexity index is 673. The molecule has 0 saturated carbocycles. The Morgan fingerprint density at radius 2 is 2.10 bits per heavy atom. The molecule has 0 saturated heterocycles. The fraction of sp³-hybridized carbons (Fsp3) is 0.188. The number of carbonyl (C=O) groups is 1. The number of amides is 1. The molecule has 0 spiro atoms. The smallest absolute Gasteiger partial charge is 0.258 e. The van der Waals surface area contributed by atoms with Crippen LogP contribution in [0.15, 0.2) is 40.9 Å². The Kier molecular flexibility index (Phi) is 5.09. The van der Waals surface area contributed by atoms with Crippen LogP contribution in [0.1, 0.15) is 21.5 Å². The third kappa shape index (κ3) is 3.68. The van der Waals surface area contributed by atoms with Gasteiger partial charge in [0.2, 0.25) is 0 Å². The molecule has 0 aromatic heterocycles. The zero-order valence-corrected chi connectivity index (χ0v) is 13.3. The summed E-state index contributed by atoms with van der Waals surface area (Å²) >= 11 is 3.42. The highest BCUT2D eigenvalue weighted by Gasteiger charge is 2.14. The van der Waals surface area contributed by atoms with E-state index >= 15 is 0 Å². The van der Waals surface area contributed by atoms with Crippen molar-refractivity contribution >= 4 is 27.5 Å². The minimum atomic E-state index is -0.540. The Morgan fingerprint density at radius 3 is 2.81 bits per heavy atom. The van der Waals surface area contributed by atoms with E-state index in [2.05, 4.69) is 21.2 Å². The first-order chi connectivity index (χ1) is 10.0. The maximum Gasteiger partial charge on any atom is 0.258 e. The lowest BCUT2D eigenvalue weighted by Crippen LogP contribution is -2.15. The number of ether oxygens (including phenoxy) is 1. The first-order valence-electron chi connectivity index (χ1n) is 6.36. The van der Waals surface area contributed by atoms with Crippen molar-refractivity contribution in [2.75, 3.05) is 12.4 Å². The highest BCUT2D eigenvalue weighted by molar-refractivity contribution is 9.10. The number of anilines is 1. The minimum absolute atomic E-state index is 0.0262. The largest absolute Gasteiger partial charge is 0.380 e. The average molecular weight is 352 g/mol. The summed E-state index contributed by atoms with van der Waals surface area (Å²) in [6, 6.07) is 9.86. The van der Waals surface area contributed by atoms with Gasteiger partial charge >= 0.3 is 0 Å². The van der Waals surface area contributed by atoms with E-state index in [-0.39, 0.29) is 5.56 Å². The predicted octanol–water partition coefficient (Wildman–Crippen LogP) is 4.30. The molecule has 21 heavy (non-hydrogen) atoms. The van der Waals surface area contributed by atoms with E-state index in [4.69, 9.17) is 4.74 Å². The van der Waals surface area contributed by atoms with E-state index in [1.54, 1.807) is 25.3 Å². The Labute approximate surface area is 131 Å². The number of rotatable bonds is 4. The number of halogens is 2. The van der Waals surface area contributed by atoms with Crippen molar-refractivity contribution in [1.82, 2.24) is 0 Å². The van der Waals surface area contributed by atoms with Crippen molar-refractivity contribution in [3.8, 4) is 0 Å². The zero-order chi connectivity index (χ0) is 15.4. The molecule has 1 amide bonds. The van der Waals surface area contributed by atoms with Crippen LogP contribution in [0.3, 0.4) is 0 Å². The van der Waals surface area contributed by atoms with Crippen LogP contribution in [0, 0.1) is 12.7 Å². The van der Waals surface area contributed by atoms with Crippen molar-refractivity contribution in [2.24, 2.45) is 0 Å². The van der Waals surface area contributed by atoms with Gasteiger partial charge in [0.05, 0.1) is 12.2 Å². The first-order valence-corrected chi connectivity index (χ1v) is 7.16. The van der Waals surface area contributed by atoms with Gasteiger partial charge in [-0.05, 0) is 31.2 Å². The SMILES string of the molecule is COCc1c(Br)cccc1NC(=O)c1cc(C)ccc1F. The number of hydrogen-bond acceptors (Lipinski definition) is 2. The molecule has 0 unspecified atom stereocenters. The highest BCUT2D eigenvalue weighted by atomic mass is 79.9. The molecule has 0 aliphatic heterocycles. The maximum absolute atomic E-state index is 13.8. The molecule has 0 radical (unpaired) electrons. The Hall–Kier alpha value is -1.72. The normalized spacial score (nSPS) is 10.5. The van der Waals surface area contributed by atoms with Crippen LogP contribution in [0.25, 0.3) is 0 Å². The van der Waals surface area contributed by atoms with Gasteiger partial charge in [-0.3, -0.25) is 4.79 Å². The van der Waals surface area contributed by atoms with Crippen LogP contribution in [0.5, 0.6) is 0 Å². The summed E-state index contributed by atoms with van der Waals surface area (Å²) in [7, 11) is 1.57. The molecule has 0 bridgehead atoms. The summed E-state index contributed by atoms with van der Waals surface area (Å²) < 4.78 is 19.7. The number of carbonyl (C=O) groups excluding carboxylic acids is 1. The zero-order valence-electron chi connectivity index (χ0n) is 11.7. The van der Waals surface area contributed by atoms with Gasteiger partial charge in [0.1, 0.15) is 5.82 Å². The monoisotopic (exact) mass is 351 g/mol. The van der Waals surface area contributed by atoms with Gasteiger partial charge < -0.3 is 10.1 Å². The molecule has 0 aliphatic carbocycles. The molecule has 110 valence electrons. The second-order valence-electron chi connectivity index (χ2n) is 4.64. The number of nitrogens with one attached hydrogen (secondary N) is 1. The number of benzene rings is 2. The maximum atomic E-state index is 13.8. The minimum Gasteiger partial charge on any atom is -0.380 e. The molecule has 0 fully saturated rings. The van der Waals surface area contributed by atoms with Gasteiger partial charge in [-0.2, -0.15) is 0 Å². The first kappa shape index (κ1) is 15.7. The molecule has 2 rings (SSSR count). The van der Waals surface area contributed by atoms with Crippen molar-refractivity contribution < 1.29 is 13.9 Å². The molecule has 3 nitrogen and oxygen atoms in total. The van der Waals surface area contributed by atoms with Crippen LogP contribution in [-0.4, -0.2) is 13.0 Å². The highest BCUT2D eigenvalue weighted by Crippen LogP contribution is 2.26. The van der Waals surface area contributed by atoms with E-state index in [0.717, 1.165) is 15.6 Å². The molecule has 2 aromatic carbocycles. The summed E-state index contributed by atoms with van der Waals surface area (Å²) in [5.41, 5.74) is 2.25. The lowest BCUT2D eigenvalue weighted by molar-refractivity contribution is 0.102. The summed E-state index contributed by atoms with van der Waals surface area (Å²) in [5, 5.41) is 2.73. The molecule has 0 aliphatic rings. The van der Waals surface area contributed by atoms with Gasteiger partial charge in [-0.15, -0.1) is 0 Å². The van der Waals surface area contributed by atoms with Gasteiger partial charge in [0, 0.05) is 22.8 Å². The fourth-order valence-corrected chi connectivity index (χ4v) is 2.45. The molecular formula is C16H15BrFNO2. The molecule has 0 heterocycles. The average Bonchev–Trinajstić information content (AvgIpc) is 2.45. The van der Waals surface area contributed by atoms with Gasteiger partial charge in [-0.1, -0.05) is 33.6 Å². The second kappa shape index (κ2) is 6.83. The van der Waals surface area contributed by atoms with Crippen molar-refractivity contribution in [3.05, 3.63) is 63.4 Å². The summed E-state index contributed by atoms with van der Waals surface area (Å²) in [5.74, 6) is -1.02. The van der Waals surface area contributed by atoms with E-state index in [0.29, 0.717) is 12.3 Å². The molecule has 0 atom stereocenters. The van der Waals surface area contributed by atoms with E-state index in [9.17, 15) is 9.18 Å². The summed E-state index contributed by atoms with van der Waals surface area (Å²) in [4.78, 5) is 12.2. The number of aryl methyl sites for hydroxylation is 1. The van der Waals surface area contributed by atoms with Gasteiger partial charge in [-0.25, -0.2) is 4.39 Å². The quantitative estimate of drug-likeness (QED) is 0.891. The van der Waals surface area contributed by atoms with Crippen LogP contribution < -0.4 is 5.32 Å². The predicted molar refractivity (Wildman–Crippen MR) is 83.9 cm³/mol. The molecule has 2 aromatic rings. The topological polar surface area (TPSA) is 38.3 Å². The van der Waals surface area contributed by atoms with Crippen molar-refractivity contribution in [3.63, 3.8) is 0 Å². The van der Waals surface area contributed by atoms with E-state index in [1.165, 1.54) is 12.1 Å². The third-order valence-corrected chi connectivity index (χ3v) is 3.77. The van der Waals surface area contributed by atoms with Gasteiger partial charge in [0.25, 0.3) is 5.91 Å². The van der Waals surface area contributed by atoms with Gasteiger partial charge in [0.15, 0.2) is 0 Å². The number of methoxy groups -OCH3 is 1. The van der Waals surface area contributed by atoms with Crippen molar-refractivity contribution in [1.29, 1.82) is 0 Å². The molecular weight excluding hydrogens is 337 g/mol. The third-order valence-electron chi connectivity index (χ3n) is 3.02. The van der Waals surface area contributed by atoms with Crippen molar-refractivity contribution in [2.45, 2.75) is 13.5 Å². The molecule has 1 N–H and O–H groups in total. The number of hydrogen-bond donors (Lipinski definition) is 1. The second-order valence-corrected chi connectivity index (χ2v) is 5.49. The van der Waals surface area contributed by atoms with Crippen LogP contribution in [0.2, 0.25) is 0 Å². The van der Waals surface area contributed by atoms with E-state index in [1.807, 2.05) is 13.0 Å². The summed E-state index contributed by atoms with van der Waals surface area (Å²) in [6.07, 6.45) is 0. The van der Waals surface area contributed by atoms with Crippen LogP contribution in [-0.2, 0) is 11.3 Å². The fourth-order valence-electron chi connectivity index (χ4n) is 1.97. The lowest BCUT2D eigenvalue weighted by atomic mass is 10.1.